The van der Waals surface area contributed by atoms with Gasteiger partial charge in [-0.25, -0.2) is 4.79 Å². The molecule has 0 radical (unpaired) electrons. The summed E-state index contributed by atoms with van der Waals surface area (Å²) in [7, 11) is 0. The van der Waals surface area contributed by atoms with Crippen molar-refractivity contribution >= 4 is 35.2 Å². The number of aromatic hydroxyl groups is 1. The lowest BCUT2D eigenvalue weighted by Gasteiger charge is -2.35. The molecule has 8 nitrogen and oxygen atoms in total. The highest BCUT2D eigenvalue weighted by Crippen LogP contribution is 2.32. The first-order valence-corrected chi connectivity index (χ1v) is 17.3. The fourth-order valence-electron chi connectivity index (χ4n) is 5.71. The van der Waals surface area contributed by atoms with E-state index < -0.39 is 35.6 Å². The molecular weight excluding hydrogens is 626 g/mol. The van der Waals surface area contributed by atoms with Crippen molar-refractivity contribution in [2.45, 2.75) is 111 Å². The van der Waals surface area contributed by atoms with Gasteiger partial charge < -0.3 is 25.4 Å². The normalized spacial score (nSPS) is 12.6. The van der Waals surface area contributed by atoms with Gasteiger partial charge >= 0.3 is 6.09 Å². The van der Waals surface area contributed by atoms with Gasteiger partial charge in [-0.2, -0.15) is 0 Å². The average molecular weight is 678 g/mol. The van der Waals surface area contributed by atoms with E-state index in [2.05, 4.69) is 17.6 Å². The van der Waals surface area contributed by atoms with Gasteiger partial charge in [0.2, 0.25) is 5.91 Å². The number of hydrogen-bond acceptors (Lipinski definition) is 5. The number of ether oxygens (including phenoxy) is 1. The molecule has 0 saturated carbocycles. The van der Waals surface area contributed by atoms with Crippen LogP contribution in [0.3, 0.4) is 0 Å². The Bertz CT molecular complexity index is 1510. The van der Waals surface area contributed by atoms with E-state index in [1.807, 2.05) is 51.1 Å². The number of para-hydroxylation sites is 1. The standard InChI is InChI=1S/C39H52ClN3O5/c1-8-9-10-11-12-13-23-43(37(46)33(41-38(47)48-39(5,6)7)25-29-18-20-30(44)21-19-29)35(31-22-17-26(2)24-28(31)4)36(45)42-34-27(3)15-14-16-32(34)40/h14-22,24,33,35,44H,8-13,23,25H2,1-7H3,(H,41,47)(H,42,45). The van der Waals surface area contributed by atoms with Crippen molar-refractivity contribution in [2.24, 2.45) is 0 Å². The summed E-state index contributed by atoms with van der Waals surface area (Å²) in [5, 5.41) is 16.1. The molecule has 0 aliphatic rings. The molecule has 2 unspecified atom stereocenters. The molecular formula is C39H52ClN3O5. The summed E-state index contributed by atoms with van der Waals surface area (Å²) < 4.78 is 5.57. The van der Waals surface area contributed by atoms with Gasteiger partial charge in [-0.15, -0.1) is 0 Å². The van der Waals surface area contributed by atoms with Gasteiger partial charge in [0.1, 0.15) is 23.4 Å². The van der Waals surface area contributed by atoms with Gasteiger partial charge in [-0.3, -0.25) is 9.59 Å². The van der Waals surface area contributed by atoms with Crippen LogP contribution in [0.1, 0.15) is 100 Å². The van der Waals surface area contributed by atoms with Gasteiger partial charge in [0.05, 0.1) is 10.7 Å². The third-order valence-corrected chi connectivity index (χ3v) is 8.47. The molecule has 9 heteroatoms. The van der Waals surface area contributed by atoms with Crippen molar-refractivity contribution in [3.63, 3.8) is 0 Å². The van der Waals surface area contributed by atoms with Gasteiger partial charge in [-0.1, -0.05) is 98.7 Å². The molecule has 3 N–H and O–H groups in total. The molecule has 0 bridgehead atoms. The molecule has 260 valence electrons. The molecule has 3 amide bonds. The molecule has 0 aliphatic heterocycles. The first kappa shape index (κ1) is 38.4. The van der Waals surface area contributed by atoms with Crippen LogP contribution < -0.4 is 10.6 Å². The number of hydrogen-bond donors (Lipinski definition) is 3. The highest BCUT2D eigenvalue weighted by molar-refractivity contribution is 6.34. The number of halogens is 1. The number of phenols is 1. The summed E-state index contributed by atoms with van der Waals surface area (Å²) in [6, 6.07) is 15.6. The fourth-order valence-corrected chi connectivity index (χ4v) is 5.98. The van der Waals surface area contributed by atoms with Gasteiger partial charge in [0.25, 0.3) is 5.91 Å². The Morgan fingerprint density at radius 1 is 0.896 bits per heavy atom. The Morgan fingerprint density at radius 3 is 2.19 bits per heavy atom. The van der Waals surface area contributed by atoms with Crippen LogP contribution in [0, 0.1) is 20.8 Å². The third-order valence-electron chi connectivity index (χ3n) is 8.15. The van der Waals surface area contributed by atoms with Crippen molar-refractivity contribution in [3.8, 4) is 5.75 Å². The van der Waals surface area contributed by atoms with Crippen LogP contribution in [0.25, 0.3) is 0 Å². The molecule has 0 saturated heterocycles. The van der Waals surface area contributed by atoms with E-state index in [0.717, 1.165) is 54.4 Å². The molecule has 3 aromatic carbocycles. The minimum absolute atomic E-state index is 0.0906. The summed E-state index contributed by atoms with van der Waals surface area (Å²) in [6.07, 6.45) is 5.32. The highest BCUT2D eigenvalue weighted by atomic mass is 35.5. The van der Waals surface area contributed by atoms with Crippen LogP contribution in [-0.4, -0.2) is 46.1 Å². The summed E-state index contributed by atoms with van der Waals surface area (Å²) in [6.45, 7) is 13.5. The molecule has 2 atom stereocenters. The van der Waals surface area contributed by atoms with Gasteiger partial charge in [0, 0.05) is 13.0 Å². The fraction of sp³-hybridized carbons (Fsp3) is 0.462. The third kappa shape index (κ3) is 11.6. The zero-order valence-corrected chi connectivity index (χ0v) is 30.2. The number of carbonyl (C=O) groups is 3. The maximum absolute atomic E-state index is 14.9. The monoisotopic (exact) mass is 677 g/mol. The van der Waals surface area contributed by atoms with E-state index in [0.29, 0.717) is 29.2 Å². The second-order valence-corrected chi connectivity index (χ2v) is 14.0. The number of carbonyl (C=O) groups excluding carboxylic acids is 3. The first-order chi connectivity index (χ1) is 22.7. The average Bonchev–Trinajstić information content (AvgIpc) is 3.00. The van der Waals surface area contributed by atoms with Crippen molar-refractivity contribution in [2.75, 3.05) is 11.9 Å². The summed E-state index contributed by atoms with van der Waals surface area (Å²) in [5.74, 6) is -0.732. The van der Waals surface area contributed by atoms with E-state index >= 15 is 0 Å². The molecule has 3 aromatic rings. The molecule has 0 spiro atoms. The molecule has 0 heterocycles. The quantitative estimate of drug-likeness (QED) is 0.139. The van der Waals surface area contributed by atoms with Crippen LogP contribution in [-0.2, 0) is 20.7 Å². The van der Waals surface area contributed by atoms with Crippen LogP contribution in [0.4, 0.5) is 10.5 Å². The lowest BCUT2D eigenvalue weighted by atomic mass is 9.95. The van der Waals surface area contributed by atoms with Crippen molar-refractivity contribution < 1.29 is 24.2 Å². The predicted molar refractivity (Wildman–Crippen MR) is 194 cm³/mol. The summed E-state index contributed by atoms with van der Waals surface area (Å²) >= 11 is 6.55. The van der Waals surface area contributed by atoms with Gasteiger partial charge in [-0.05, 0) is 88.4 Å². The summed E-state index contributed by atoms with van der Waals surface area (Å²) in [4.78, 5) is 44.1. The number of nitrogens with zero attached hydrogens (tertiary/aromatic N) is 1. The molecule has 0 aliphatic carbocycles. The number of anilines is 1. The van der Waals surface area contributed by atoms with Crippen molar-refractivity contribution in [3.05, 3.63) is 93.5 Å². The Balaban J connectivity index is 2.12. The lowest BCUT2D eigenvalue weighted by molar-refractivity contribution is -0.140. The van der Waals surface area contributed by atoms with E-state index in [1.165, 1.54) is 12.1 Å². The lowest BCUT2D eigenvalue weighted by Crippen LogP contribution is -2.53. The summed E-state index contributed by atoms with van der Waals surface area (Å²) in [5.41, 5.74) is 3.79. The number of nitrogens with one attached hydrogen (secondary N) is 2. The Hall–Kier alpha value is -4.04. The van der Waals surface area contributed by atoms with Crippen LogP contribution in [0.2, 0.25) is 5.02 Å². The van der Waals surface area contributed by atoms with E-state index in [-0.39, 0.29) is 12.2 Å². The predicted octanol–water partition coefficient (Wildman–Crippen LogP) is 8.98. The first-order valence-electron chi connectivity index (χ1n) is 16.9. The van der Waals surface area contributed by atoms with E-state index in [1.54, 1.807) is 43.9 Å². The maximum Gasteiger partial charge on any atom is 0.408 e. The minimum atomic E-state index is -1.06. The zero-order chi connectivity index (χ0) is 35.4. The van der Waals surface area contributed by atoms with E-state index in [4.69, 9.17) is 16.3 Å². The number of amides is 3. The number of alkyl carbamates (subject to hydrolysis) is 1. The number of unbranched alkanes of at least 4 members (excludes halogenated alkanes) is 5. The second kappa shape index (κ2) is 17.9. The molecule has 0 aromatic heterocycles. The Morgan fingerprint density at radius 2 is 1.56 bits per heavy atom. The van der Waals surface area contributed by atoms with Gasteiger partial charge in [0.15, 0.2) is 0 Å². The van der Waals surface area contributed by atoms with Crippen molar-refractivity contribution in [1.29, 1.82) is 0 Å². The smallest absolute Gasteiger partial charge is 0.408 e. The zero-order valence-electron chi connectivity index (χ0n) is 29.5. The highest BCUT2D eigenvalue weighted by Gasteiger charge is 2.37. The van der Waals surface area contributed by atoms with Crippen LogP contribution >= 0.6 is 11.6 Å². The number of rotatable bonds is 15. The van der Waals surface area contributed by atoms with Crippen molar-refractivity contribution in [1.82, 2.24) is 10.2 Å². The minimum Gasteiger partial charge on any atom is -0.508 e. The Kier molecular flexibility index (Phi) is 14.3. The maximum atomic E-state index is 14.9. The topological polar surface area (TPSA) is 108 Å². The molecule has 0 fully saturated rings. The van der Waals surface area contributed by atoms with Crippen LogP contribution in [0.5, 0.6) is 5.75 Å². The SMILES string of the molecule is CCCCCCCCN(C(=O)C(Cc1ccc(O)cc1)NC(=O)OC(C)(C)C)C(C(=O)Nc1c(C)cccc1Cl)c1ccc(C)cc1C. The number of aryl methyl sites for hydroxylation is 3. The number of benzene rings is 3. The Labute approximate surface area is 291 Å². The largest absolute Gasteiger partial charge is 0.508 e. The number of phenolic OH excluding ortho intramolecular Hbond substituents is 1. The molecule has 48 heavy (non-hydrogen) atoms. The second-order valence-electron chi connectivity index (χ2n) is 13.6. The van der Waals surface area contributed by atoms with Crippen LogP contribution in [0.15, 0.2) is 60.7 Å². The van der Waals surface area contributed by atoms with E-state index in [9.17, 15) is 19.5 Å². The molecule has 3 rings (SSSR count).